The van der Waals surface area contributed by atoms with E-state index in [-0.39, 0.29) is 0 Å². The molecular weight excluding hydrogens is 339 g/mol. The first-order valence-electron chi connectivity index (χ1n) is 7.72. The van der Waals surface area contributed by atoms with Crippen LogP contribution >= 0.6 is 23.2 Å². The maximum atomic E-state index is 6.04. The molecular formula is C20H19Cl2N2+. The van der Waals surface area contributed by atoms with E-state index in [4.69, 9.17) is 23.2 Å². The van der Waals surface area contributed by atoms with Gasteiger partial charge in [0, 0.05) is 34.7 Å². The highest BCUT2D eigenvalue weighted by atomic mass is 35.5. The highest BCUT2D eigenvalue weighted by Crippen LogP contribution is 2.27. The second-order valence-electron chi connectivity index (χ2n) is 5.94. The average molecular weight is 358 g/mol. The molecule has 0 unspecified atom stereocenters. The lowest BCUT2D eigenvalue weighted by Crippen LogP contribution is -2.56. The standard InChI is InChI=1S/C20H19Cl2N2/c1-14-12-17(15-4-8-18(21)9-5-15)13-20(24(14)23(2)3)16-6-10-19(22)11-7-16/h4-13H,1-3H3/q+1. The Morgan fingerprint density at radius 1 is 0.708 bits per heavy atom. The van der Waals surface area contributed by atoms with Crippen molar-refractivity contribution in [2.24, 2.45) is 0 Å². The summed E-state index contributed by atoms with van der Waals surface area (Å²) in [6.45, 7) is 2.11. The first-order chi connectivity index (χ1) is 11.5. The molecule has 122 valence electrons. The summed E-state index contributed by atoms with van der Waals surface area (Å²) in [5.41, 5.74) is 5.68. The van der Waals surface area contributed by atoms with Crippen LogP contribution in [0, 0.1) is 6.92 Å². The monoisotopic (exact) mass is 357 g/mol. The molecule has 0 fully saturated rings. The summed E-state index contributed by atoms with van der Waals surface area (Å²) in [5, 5.41) is 3.55. The summed E-state index contributed by atoms with van der Waals surface area (Å²) in [5.74, 6) is 0. The van der Waals surface area contributed by atoms with Gasteiger partial charge in [-0.3, -0.25) is 0 Å². The van der Waals surface area contributed by atoms with E-state index < -0.39 is 0 Å². The Bertz CT molecular complexity index is 854. The topological polar surface area (TPSA) is 7.12 Å². The van der Waals surface area contributed by atoms with Crippen molar-refractivity contribution in [2.75, 3.05) is 19.1 Å². The van der Waals surface area contributed by atoms with Gasteiger partial charge < -0.3 is 0 Å². The van der Waals surface area contributed by atoms with Crippen LogP contribution in [0.3, 0.4) is 0 Å². The van der Waals surface area contributed by atoms with Crippen LogP contribution in [0.15, 0.2) is 60.7 Å². The number of hydrogen-bond donors (Lipinski definition) is 0. The Labute approximate surface area is 152 Å². The Balaban J connectivity index is 2.21. The molecule has 0 aliphatic rings. The highest BCUT2D eigenvalue weighted by Gasteiger charge is 2.21. The fourth-order valence-electron chi connectivity index (χ4n) is 2.89. The largest absolute Gasteiger partial charge is 0.243 e. The number of rotatable bonds is 3. The molecule has 0 saturated carbocycles. The molecule has 3 aromatic rings. The number of aryl methyl sites for hydroxylation is 1. The minimum atomic E-state index is 0.737. The first-order valence-corrected chi connectivity index (χ1v) is 8.47. The van der Waals surface area contributed by atoms with Crippen molar-refractivity contribution in [3.8, 4) is 22.4 Å². The van der Waals surface area contributed by atoms with Gasteiger partial charge in [-0.1, -0.05) is 40.0 Å². The van der Waals surface area contributed by atoms with Crippen LogP contribution in [0.4, 0.5) is 0 Å². The summed E-state index contributed by atoms with van der Waals surface area (Å²) < 4.78 is 2.18. The zero-order chi connectivity index (χ0) is 17.3. The maximum absolute atomic E-state index is 6.04. The van der Waals surface area contributed by atoms with Gasteiger partial charge in [0.25, 0.3) is 0 Å². The van der Waals surface area contributed by atoms with Gasteiger partial charge in [-0.15, -0.1) is 0 Å². The number of aromatic nitrogens is 1. The van der Waals surface area contributed by atoms with Crippen LogP contribution in [-0.4, -0.2) is 14.1 Å². The van der Waals surface area contributed by atoms with E-state index in [1.54, 1.807) is 0 Å². The number of nitrogens with zero attached hydrogens (tertiary/aromatic N) is 2. The number of benzene rings is 2. The van der Waals surface area contributed by atoms with Gasteiger partial charge in [0.05, 0.1) is 14.1 Å². The van der Waals surface area contributed by atoms with Gasteiger partial charge in [-0.05, 0) is 47.5 Å². The molecule has 4 heteroatoms. The Hall–Kier alpha value is -2.03. The van der Waals surface area contributed by atoms with Gasteiger partial charge in [0.15, 0.2) is 0 Å². The molecule has 0 N–H and O–H groups in total. The van der Waals surface area contributed by atoms with E-state index in [1.807, 2.05) is 62.6 Å². The van der Waals surface area contributed by atoms with Gasteiger partial charge in [-0.25, -0.2) is 0 Å². The van der Waals surface area contributed by atoms with Crippen LogP contribution in [0.1, 0.15) is 5.69 Å². The maximum Gasteiger partial charge on any atom is 0.243 e. The SMILES string of the molecule is Cc1cc(-c2ccc(Cl)cc2)cc(-c2ccc(Cl)cc2)[n+]1N(C)C. The fraction of sp³-hybridized carbons (Fsp3) is 0.150. The molecule has 0 radical (unpaired) electrons. The summed E-state index contributed by atoms with van der Waals surface area (Å²) in [6, 6.07) is 20.2. The molecule has 3 rings (SSSR count). The quantitative estimate of drug-likeness (QED) is 0.590. The molecule has 0 saturated heterocycles. The molecule has 2 aromatic carbocycles. The predicted octanol–water partition coefficient (Wildman–Crippen LogP) is 5.12. The molecule has 0 bridgehead atoms. The second-order valence-corrected chi connectivity index (χ2v) is 6.82. The lowest BCUT2D eigenvalue weighted by molar-refractivity contribution is -0.682. The third kappa shape index (κ3) is 3.40. The smallest absolute Gasteiger partial charge is 0.186 e. The first kappa shape index (κ1) is 16.8. The molecule has 2 nitrogen and oxygen atoms in total. The summed E-state index contributed by atoms with van der Waals surface area (Å²) in [6.07, 6.45) is 0. The van der Waals surface area contributed by atoms with Gasteiger partial charge in [0.2, 0.25) is 11.4 Å². The Morgan fingerprint density at radius 2 is 1.21 bits per heavy atom. The van der Waals surface area contributed by atoms with Crippen molar-refractivity contribution < 1.29 is 4.68 Å². The lowest BCUT2D eigenvalue weighted by Gasteiger charge is -2.14. The second kappa shape index (κ2) is 6.84. The molecule has 0 spiro atoms. The van der Waals surface area contributed by atoms with E-state index in [0.29, 0.717) is 0 Å². The molecule has 0 atom stereocenters. The summed E-state index contributed by atoms with van der Waals surface area (Å²) in [7, 11) is 4.07. The molecule has 0 aliphatic heterocycles. The van der Waals surface area contributed by atoms with Crippen LogP contribution in [0.2, 0.25) is 10.0 Å². The molecule has 0 aliphatic carbocycles. The number of halogens is 2. The summed E-state index contributed by atoms with van der Waals surface area (Å²) in [4.78, 5) is 0. The third-order valence-corrected chi connectivity index (χ3v) is 4.44. The Kier molecular flexibility index (Phi) is 4.79. The fourth-order valence-corrected chi connectivity index (χ4v) is 3.14. The van der Waals surface area contributed by atoms with Crippen LogP contribution in [0.25, 0.3) is 22.4 Å². The van der Waals surface area contributed by atoms with E-state index in [1.165, 1.54) is 0 Å². The predicted molar refractivity (Wildman–Crippen MR) is 102 cm³/mol. The zero-order valence-electron chi connectivity index (χ0n) is 13.9. The van der Waals surface area contributed by atoms with Crippen LogP contribution in [0.5, 0.6) is 0 Å². The molecule has 24 heavy (non-hydrogen) atoms. The van der Waals surface area contributed by atoms with Crippen molar-refractivity contribution in [3.05, 3.63) is 76.4 Å². The van der Waals surface area contributed by atoms with Gasteiger partial charge in [0.1, 0.15) is 0 Å². The lowest BCUT2D eigenvalue weighted by atomic mass is 10.0. The highest BCUT2D eigenvalue weighted by molar-refractivity contribution is 6.30. The summed E-state index contributed by atoms with van der Waals surface area (Å²) >= 11 is 12.1. The Morgan fingerprint density at radius 3 is 1.71 bits per heavy atom. The minimum Gasteiger partial charge on any atom is -0.186 e. The van der Waals surface area contributed by atoms with Crippen molar-refractivity contribution in [2.45, 2.75) is 6.92 Å². The van der Waals surface area contributed by atoms with Crippen molar-refractivity contribution in [1.29, 1.82) is 0 Å². The zero-order valence-corrected chi connectivity index (χ0v) is 15.4. The van der Waals surface area contributed by atoms with Crippen molar-refractivity contribution in [1.82, 2.24) is 0 Å². The van der Waals surface area contributed by atoms with E-state index in [2.05, 4.69) is 28.7 Å². The van der Waals surface area contributed by atoms with Gasteiger partial charge in [-0.2, -0.15) is 5.01 Å². The average Bonchev–Trinajstić information content (AvgIpc) is 2.55. The molecule has 0 amide bonds. The van der Waals surface area contributed by atoms with Crippen molar-refractivity contribution in [3.63, 3.8) is 0 Å². The molecule has 1 aromatic heterocycles. The third-order valence-electron chi connectivity index (χ3n) is 3.94. The van der Waals surface area contributed by atoms with E-state index >= 15 is 0 Å². The van der Waals surface area contributed by atoms with Gasteiger partial charge >= 0.3 is 0 Å². The van der Waals surface area contributed by atoms with Crippen molar-refractivity contribution >= 4 is 23.2 Å². The molecule has 1 heterocycles. The van der Waals surface area contributed by atoms with E-state index in [9.17, 15) is 0 Å². The minimum absolute atomic E-state index is 0.737. The normalized spacial score (nSPS) is 10.7. The van der Waals surface area contributed by atoms with Crippen LogP contribution in [-0.2, 0) is 0 Å². The van der Waals surface area contributed by atoms with Crippen LogP contribution < -0.4 is 9.69 Å². The number of hydrogen-bond acceptors (Lipinski definition) is 1. The number of pyridine rings is 1. The van der Waals surface area contributed by atoms with E-state index in [0.717, 1.165) is 38.1 Å².